The molecule has 0 amide bonds. The number of nitrogens with zero attached hydrogens (tertiary/aromatic N) is 1. The van der Waals surface area contributed by atoms with E-state index >= 15 is 0 Å². The fourth-order valence-electron chi connectivity index (χ4n) is 3.42. The summed E-state index contributed by atoms with van der Waals surface area (Å²) in [5.74, 6) is -0.385. The van der Waals surface area contributed by atoms with Crippen LogP contribution in [0.5, 0.6) is 5.75 Å². The van der Waals surface area contributed by atoms with Crippen LogP contribution in [0.4, 0.5) is 4.39 Å². The van der Waals surface area contributed by atoms with E-state index in [4.69, 9.17) is 9.84 Å². The summed E-state index contributed by atoms with van der Waals surface area (Å²) in [6.45, 7) is 0.402. The molecule has 0 unspecified atom stereocenters. The van der Waals surface area contributed by atoms with Crippen LogP contribution >= 0.6 is 0 Å². The molecular weight excluding hydrogens is 383 g/mol. The number of halogens is 1. The van der Waals surface area contributed by atoms with E-state index in [-0.39, 0.29) is 12.2 Å². The van der Waals surface area contributed by atoms with Gasteiger partial charge >= 0.3 is 5.97 Å². The zero-order chi connectivity index (χ0) is 20.9. The second-order valence-corrected chi connectivity index (χ2v) is 7.12. The van der Waals surface area contributed by atoms with Gasteiger partial charge in [-0.05, 0) is 59.5 Å². The smallest absolute Gasteiger partial charge is 0.303 e. The minimum absolute atomic E-state index is 0.0694. The number of rotatable bonds is 8. The van der Waals surface area contributed by atoms with E-state index in [1.807, 2.05) is 42.5 Å². The standard InChI is InChI=1S/C24H21FN2O3/c25-20-3-1-2-16(12-20)10-11-30-23-8-4-17(5-9-24(28)29)13-21(23)18-6-7-22-19(14-18)15-26-27-22/h1-4,6-8,12-15H,5,9-11H2,(H,26,27)(H,28,29). The zero-order valence-electron chi connectivity index (χ0n) is 16.3. The molecule has 30 heavy (non-hydrogen) atoms. The summed E-state index contributed by atoms with van der Waals surface area (Å²) in [5, 5.41) is 17.0. The molecule has 0 radical (unpaired) electrons. The maximum Gasteiger partial charge on any atom is 0.303 e. The first-order valence-corrected chi connectivity index (χ1v) is 9.74. The number of carbonyl (C=O) groups is 1. The van der Waals surface area contributed by atoms with Crippen molar-refractivity contribution in [2.75, 3.05) is 6.61 Å². The molecule has 1 aromatic heterocycles. The maximum absolute atomic E-state index is 13.4. The molecule has 1 heterocycles. The molecule has 0 aliphatic carbocycles. The Kier molecular flexibility index (Phi) is 5.75. The molecule has 6 heteroatoms. The van der Waals surface area contributed by atoms with Crippen molar-refractivity contribution in [2.24, 2.45) is 0 Å². The van der Waals surface area contributed by atoms with Gasteiger partial charge in [-0.3, -0.25) is 9.89 Å². The lowest BCUT2D eigenvalue weighted by molar-refractivity contribution is -0.136. The van der Waals surface area contributed by atoms with Crippen molar-refractivity contribution in [3.05, 3.63) is 83.8 Å². The van der Waals surface area contributed by atoms with Crippen LogP contribution < -0.4 is 4.74 Å². The number of carboxylic acids is 1. The van der Waals surface area contributed by atoms with E-state index in [1.54, 1.807) is 12.3 Å². The molecule has 4 aromatic rings. The van der Waals surface area contributed by atoms with E-state index in [9.17, 15) is 9.18 Å². The van der Waals surface area contributed by atoms with E-state index in [2.05, 4.69) is 10.2 Å². The van der Waals surface area contributed by atoms with Gasteiger partial charge in [0.05, 0.1) is 18.3 Å². The summed E-state index contributed by atoms with van der Waals surface area (Å²) in [6.07, 6.45) is 2.86. The van der Waals surface area contributed by atoms with Gasteiger partial charge in [0.1, 0.15) is 11.6 Å². The molecule has 0 saturated carbocycles. The highest BCUT2D eigenvalue weighted by Gasteiger charge is 2.11. The van der Waals surface area contributed by atoms with Gasteiger partial charge in [0, 0.05) is 23.8 Å². The fraction of sp³-hybridized carbons (Fsp3) is 0.167. The largest absolute Gasteiger partial charge is 0.493 e. The van der Waals surface area contributed by atoms with Gasteiger partial charge in [0.15, 0.2) is 0 Å². The van der Waals surface area contributed by atoms with Crippen LogP contribution in [0, 0.1) is 5.82 Å². The maximum atomic E-state index is 13.4. The molecule has 4 rings (SSSR count). The summed E-state index contributed by atoms with van der Waals surface area (Å²) in [6, 6.07) is 18.2. The third-order valence-electron chi connectivity index (χ3n) is 4.96. The third-order valence-corrected chi connectivity index (χ3v) is 4.96. The van der Waals surface area contributed by atoms with E-state index < -0.39 is 5.97 Å². The van der Waals surface area contributed by atoms with Crippen molar-refractivity contribution < 1.29 is 19.0 Å². The number of nitrogens with one attached hydrogen (secondary N) is 1. The van der Waals surface area contributed by atoms with Crippen molar-refractivity contribution in [1.82, 2.24) is 10.2 Å². The summed E-state index contributed by atoms with van der Waals surface area (Å²) in [5.41, 5.74) is 4.59. The first-order valence-electron chi connectivity index (χ1n) is 9.74. The van der Waals surface area contributed by atoms with Crippen molar-refractivity contribution in [3.63, 3.8) is 0 Å². The average Bonchev–Trinajstić information content (AvgIpc) is 3.21. The fourth-order valence-corrected chi connectivity index (χ4v) is 3.42. The summed E-state index contributed by atoms with van der Waals surface area (Å²) in [4.78, 5) is 10.9. The number of ether oxygens (including phenoxy) is 1. The number of aromatic nitrogens is 2. The van der Waals surface area contributed by atoms with Crippen LogP contribution in [0.25, 0.3) is 22.0 Å². The third kappa shape index (κ3) is 4.66. The Balaban J connectivity index is 1.60. The summed E-state index contributed by atoms with van der Waals surface area (Å²) >= 11 is 0. The molecule has 5 nitrogen and oxygen atoms in total. The number of H-pyrrole nitrogens is 1. The predicted octanol–water partition coefficient (Wildman–Crippen LogP) is 5.01. The van der Waals surface area contributed by atoms with Crippen LogP contribution in [0.1, 0.15) is 17.5 Å². The molecule has 0 fully saturated rings. The number of hydrogen-bond donors (Lipinski definition) is 2. The Morgan fingerprint density at radius 3 is 2.73 bits per heavy atom. The number of aromatic amines is 1. The number of aliphatic carboxylic acids is 1. The highest BCUT2D eigenvalue weighted by molar-refractivity contribution is 5.85. The number of fused-ring (bicyclic) bond motifs is 1. The number of carboxylic acid groups (broad SMARTS) is 1. The molecule has 0 aliphatic rings. The molecule has 3 aromatic carbocycles. The molecule has 0 atom stereocenters. The molecule has 0 bridgehead atoms. The highest BCUT2D eigenvalue weighted by Crippen LogP contribution is 2.33. The SMILES string of the molecule is O=C(O)CCc1ccc(OCCc2cccc(F)c2)c(-c2ccc3[nH]ncc3c2)c1. The van der Waals surface area contributed by atoms with Gasteiger partial charge in [0.25, 0.3) is 0 Å². The van der Waals surface area contributed by atoms with E-state index in [0.717, 1.165) is 33.2 Å². The lowest BCUT2D eigenvalue weighted by atomic mass is 9.99. The van der Waals surface area contributed by atoms with Crippen LogP contribution in [-0.4, -0.2) is 27.9 Å². The van der Waals surface area contributed by atoms with Crippen molar-refractivity contribution in [3.8, 4) is 16.9 Å². The van der Waals surface area contributed by atoms with Crippen LogP contribution in [0.15, 0.2) is 66.9 Å². The minimum Gasteiger partial charge on any atom is -0.493 e. The van der Waals surface area contributed by atoms with Gasteiger partial charge in [0.2, 0.25) is 0 Å². The molecule has 2 N–H and O–H groups in total. The van der Waals surface area contributed by atoms with Crippen molar-refractivity contribution >= 4 is 16.9 Å². The summed E-state index contributed by atoms with van der Waals surface area (Å²) in [7, 11) is 0. The van der Waals surface area contributed by atoms with Gasteiger partial charge in [-0.15, -0.1) is 0 Å². The Bertz CT molecular complexity index is 1190. The Hall–Kier alpha value is -3.67. The first kappa shape index (κ1) is 19.6. The molecular formula is C24H21FN2O3. The van der Waals surface area contributed by atoms with Gasteiger partial charge < -0.3 is 9.84 Å². The lowest BCUT2D eigenvalue weighted by Crippen LogP contribution is -2.03. The Labute approximate surface area is 173 Å². The monoisotopic (exact) mass is 404 g/mol. The predicted molar refractivity (Wildman–Crippen MR) is 113 cm³/mol. The molecule has 0 saturated heterocycles. The van der Waals surface area contributed by atoms with Crippen molar-refractivity contribution in [1.29, 1.82) is 0 Å². The molecule has 0 spiro atoms. The highest BCUT2D eigenvalue weighted by atomic mass is 19.1. The second kappa shape index (κ2) is 8.78. The van der Waals surface area contributed by atoms with Gasteiger partial charge in [-0.2, -0.15) is 5.10 Å². The number of benzene rings is 3. The second-order valence-electron chi connectivity index (χ2n) is 7.12. The summed E-state index contributed by atoms with van der Waals surface area (Å²) < 4.78 is 19.4. The Morgan fingerprint density at radius 1 is 1.03 bits per heavy atom. The van der Waals surface area contributed by atoms with Crippen molar-refractivity contribution in [2.45, 2.75) is 19.3 Å². The van der Waals surface area contributed by atoms with Gasteiger partial charge in [-0.1, -0.05) is 24.3 Å². The van der Waals surface area contributed by atoms with Crippen LogP contribution in [-0.2, 0) is 17.6 Å². The minimum atomic E-state index is -0.827. The van der Waals surface area contributed by atoms with E-state index in [0.29, 0.717) is 25.2 Å². The lowest BCUT2D eigenvalue weighted by Gasteiger charge is -2.14. The topological polar surface area (TPSA) is 75.2 Å². The number of hydrogen-bond acceptors (Lipinski definition) is 3. The van der Waals surface area contributed by atoms with Crippen LogP contribution in [0.3, 0.4) is 0 Å². The van der Waals surface area contributed by atoms with Gasteiger partial charge in [-0.25, -0.2) is 4.39 Å². The Morgan fingerprint density at radius 2 is 1.90 bits per heavy atom. The van der Waals surface area contributed by atoms with E-state index in [1.165, 1.54) is 12.1 Å². The quantitative estimate of drug-likeness (QED) is 0.433. The van der Waals surface area contributed by atoms with Crippen LogP contribution in [0.2, 0.25) is 0 Å². The first-order chi connectivity index (χ1) is 14.6. The average molecular weight is 404 g/mol. The number of aryl methyl sites for hydroxylation is 1. The molecule has 0 aliphatic heterocycles. The molecule has 152 valence electrons. The normalized spacial score (nSPS) is 11.0. The zero-order valence-corrected chi connectivity index (χ0v) is 16.3.